The van der Waals surface area contributed by atoms with E-state index in [1.165, 1.54) is 6.08 Å². The van der Waals surface area contributed by atoms with Gasteiger partial charge in [0.05, 0.1) is 19.3 Å². The lowest BCUT2D eigenvalue weighted by Crippen LogP contribution is -2.36. The van der Waals surface area contributed by atoms with Crippen molar-refractivity contribution < 1.29 is 19.1 Å². The highest BCUT2D eigenvalue weighted by Gasteiger charge is 2.30. The third-order valence-corrected chi connectivity index (χ3v) is 3.29. The molecule has 0 spiro atoms. The predicted molar refractivity (Wildman–Crippen MR) is 92.9 cm³/mol. The Morgan fingerprint density at radius 1 is 1.33 bits per heavy atom. The number of hydrogen-bond acceptors (Lipinski definition) is 5. The van der Waals surface area contributed by atoms with Crippen LogP contribution < -0.4 is 5.32 Å². The number of rotatable bonds is 7. The highest BCUT2D eigenvalue weighted by molar-refractivity contribution is 5.87. The van der Waals surface area contributed by atoms with Crippen LogP contribution in [0, 0.1) is 0 Å². The van der Waals surface area contributed by atoms with Crippen molar-refractivity contribution in [2.45, 2.75) is 38.9 Å². The second-order valence-corrected chi connectivity index (χ2v) is 7.16. The van der Waals surface area contributed by atoms with Crippen molar-refractivity contribution in [1.82, 2.24) is 15.1 Å². The lowest BCUT2D eigenvalue weighted by atomic mass is 10.2. The molecule has 138 valence electrons. The van der Waals surface area contributed by atoms with E-state index in [0.29, 0.717) is 26.2 Å². The lowest BCUT2D eigenvalue weighted by molar-refractivity contribution is -0.116. The summed E-state index contributed by atoms with van der Waals surface area (Å²) in [5.74, 6) is -0.123. The first kappa shape index (κ1) is 20.4. The van der Waals surface area contributed by atoms with E-state index in [-0.39, 0.29) is 18.1 Å². The summed E-state index contributed by atoms with van der Waals surface area (Å²) in [6.07, 6.45) is 3.83. The van der Waals surface area contributed by atoms with E-state index in [1.807, 2.05) is 45.8 Å². The maximum absolute atomic E-state index is 12.0. The van der Waals surface area contributed by atoms with Crippen LogP contribution in [0.3, 0.4) is 0 Å². The average molecular weight is 341 g/mol. The van der Waals surface area contributed by atoms with Gasteiger partial charge in [-0.05, 0) is 41.3 Å². The first-order chi connectivity index (χ1) is 11.2. The number of carbonyl (C=O) groups excluding carboxylic acids is 2. The van der Waals surface area contributed by atoms with E-state index in [1.54, 1.807) is 4.90 Å². The van der Waals surface area contributed by atoms with Gasteiger partial charge in [0.15, 0.2) is 0 Å². The van der Waals surface area contributed by atoms with E-state index in [0.717, 1.165) is 13.0 Å². The fourth-order valence-corrected chi connectivity index (χ4v) is 2.19. The molecule has 0 aromatic rings. The molecule has 0 aromatic carbocycles. The van der Waals surface area contributed by atoms with Crippen molar-refractivity contribution in [3.8, 4) is 0 Å². The molecule has 1 fully saturated rings. The van der Waals surface area contributed by atoms with Gasteiger partial charge in [-0.2, -0.15) is 0 Å². The van der Waals surface area contributed by atoms with Crippen molar-refractivity contribution in [1.29, 1.82) is 0 Å². The monoisotopic (exact) mass is 341 g/mol. The molecule has 0 aliphatic carbocycles. The van der Waals surface area contributed by atoms with E-state index in [9.17, 15) is 9.59 Å². The molecule has 7 heteroatoms. The maximum atomic E-state index is 12.0. The summed E-state index contributed by atoms with van der Waals surface area (Å²) in [5.41, 5.74) is -0.486. The number of likely N-dealkylation sites (N-methyl/N-ethyl adjacent to an activating group) is 1. The van der Waals surface area contributed by atoms with Crippen molar-refractivity contribution in [3.05, 3.63) is 12.2 Å². The molecule has 1 saturated heterocycles. The minimum atomic E-state index is -0.486. The number of likely N-dealkylation sites (tertiary alicyclic amines) is 1. The van der Waals surface area contributed by atoms with Crippen molar-refractivity contribution >= 4 is 12.0 Å². The lowest BCUT2D eigenvalue weighted by Gasteiger charge is -2.24. The van der Waals surface area contributed by atoms with Crippen molar-refractivity contribution in [2.24, 2.45) is 0 Å². The molecule has 1 heterocycles. The molecule has 7 nitrogen and oxygen atoms in total. The summed E-state index contributed by atoms with van der Waals surface area (Å²) in [7, 11) is 3.89. The second-order valence-electron chi connectivity index (χ2n) is 7.16. The highest BCUT2D eigenvalue weighted by atomic mass is 16.6. The summed E-state index contributed by atoms with van der Waals surface area (Å²) in [6.45, 7) is 8.34. The van der Waals surface area contributed by atoms with Crippen LogP contribution in [0.25, 0.3) is 0 Å². The van der Waals surface area contributed by atoms with Gasteiger partial charge < -0.3 is 24.6 Å². The van der Waals surface area contributed by atoms with Gasteiger partial charge in [0.2, 0.25) is 5.91 Å². The molecule has 1 unspecified atom stereocenters. The van der Waals surface area contributed by atoms with Gasteiger partial charge in [-0.25, -0.2) is 4.79 Å². The van der Waals surface area contributed by atoms with Crippen LogP contribution in [-0.2, 0) is 14.3 Å². The molecule has 0 radical (unpaired) electrons. The molecule has 0 aromatic heterocycles. The minimum absolute atomic E-state index is 0.00120. The Kier molecular flexibility index (Phi) is 8.21. The number of hydrogen-bond donors (Lipinski definition) is 1. The van der Waals surface area contributed by atoms with Crippen LogP contribution in [0.15, 0.2) is 12.2 Å². The fraction of sp³-hybridized carbons (Fsp3) is 0.765. The van der Waals surface area contributed by atoms with Crippen LogP contribution in [0.2, 0.25) is 0 Å². The molecule has 1 atom stereocenters. The smallest absolute Gasteiger partial charge is 0.410 e. The zero-order valence-corrected chi connectivity index (χ0v) is 15.5. The molecule has 24 heavy (non-hydrogen) atoms. The Bertz CT molecular complexity index is 444. The van der Waals surface area contributed by atoms with Gasteiger partial charge >= 0.3 is 6.09 Å². The number of nitrogens with zero attached hydrogens (tertiary/aromatic N) is 2. The van der Waals surface area contributed by atoms with Crippen LogP contribution >= 0.6 is 0 Å². The number of carbonyl (C=O) groups is 2. The van der Waals surface area contributed by atoms with Gasteiger partial charge in [0, 0.05) is 25.7 Å². The molecule has 1 aliphatic rings. The third-order valence-electron chi connectivity index (χ3n) is 3.29. The molecule has 0 saturated carbocycles. The van der Waals surface area contributed by atoms with Crippen molar-refractivity contribution in [2.75, 3.05) is 46.9 Å². The summed E-state index contributed by atoms with van der Waals surface area (Å²) in [6, 6.07) is 0. The van der Waals surface area contributed by atoms with E-state index in [4.69, 9.17) is 9.47 Å². The first-order valence-electron chi connectivity index (χ1n) is 8.36. The largest absolute Gasteiger partial charge is 0.444 e. The fourth-order valence-electron chi connectivity index (χ4n) is 2.19. The van der Waals surface area contributed by atoms with Gasteiger partial charge in [0.1, 0.15) is 5.60 Å². The zero-order valence-electron chi connectivity index (χ0n) is 15.5. The van der Waals surface area contributed by atoms with E-state index < -0.39 is 5.60 Å². The zero-order chi connectivity index (χ0) is 18.2. The average Bonchev–Trinajstić information content (AvgIpc) is 2.90. The van der Waals surface area contributed by atoms with Gasteiger partial charge in [-0.1, -0.05) is 6.08 Å². The summed E-state index contributed by atoms with van der Waals surface area (Å²) < 4.78 is 11.1. The standard InChI is InChI=1S/C17H31N3O4/c1-17(2,3)24-16(22)20-11-8-14(13-20)23-12-9-18-15(21)7-6-10-19(4)5/h6-7,14H,8-13H2,1-5H3,(H,18,21)/b7-6+. The predicted octanol–water partition coefficient (Wildman–Crippen LogP) is 1.25. The summed E-state index contributed by atoms with van der Waals surface area (Å²) in [5, 5.41) is 2.77. The topological polar surface area (TPSA) is 71.1 Å². The molecular formula is C17H31N3O4. The van der Waals surface area contributed by atoms with Gasteiger partial charge in [-0.15, -0.1) is 0 Å². The van der Waals surface area contributed by atoms with Crippen LogP contribution in [0.1, 0.15) is 27.2 Å². The first-order valence-corrected chi connectivity index (χ1v) is 8.36. The number of amides is 2. The summed E-state index contributed by atoms with van der Waals surface area (Å²) >= 11 is 0. The van der Waals surface area contributed by atoms with Crippen LogP contribution in [-0.4, -0.2) is 80.4 Å². The Hall–Kier alpha value is -1.60. The molecule has 1 N–H and O–H groups in total. The summed E-state index contributed by atoms with van der Waals surface area (Å²) in [4.78, 5) is 27.1. The highest BCUT2D eigenvalue weighted by Crippen LogP contribution is 2.16. The third kappa shape index (κ3) is 8.88. The maximum Gasteiger partial charge on any atom is 0.410 e. The van der Waals surface area contributed by atoms with Gasteiger partial charge in [-0.3, -0.25) is 4.79 Å². The Labute approximate surface area is 145 Å². The number of ether oxygens (including phenoxy) is 2. The number of nitrogens with one attached hydrogen (secondary N) is 1. The van der Waals surface area contributed by atoms with Crippen LogP contribution in [0.4, 0.5) is 4.79 Å². The molecule has 0 bridgehead atoms. The molecule has 1 rings (SSSR count). The van der Waals surface area contributed by atoms with Crippen LogP contribution in [0.5, 0.6) is 0 Å². The van der Waals surface area contributed by atoms with E-state index >= 15 is 0 Å². The molecule has 2 amide bonds. The minimum Gasteiger partial charge on any atom is -0.444 e. The van der Waals surface area contributed by atoms with Gasteiger partial charge in [0.25, 0.3) is 0 Å². The Balaban J connectivity index is 2.16. The quantitative estimate of drug-likeness (QED) is 0.557. The van der Waals surface area contributed by atoms with E-state index in [2.05, 4.69) is 5.32 Å². The molecule has 1 aliphatic heterocycles. The SMILES string of the molecule is CN(C)C/C=C/C(=O)NCCOC1CCN(C(=O)OC(C)(C)C)C1. The Morgan fingerprint density at radius 3 is 2.67 bits per heavy atom. The normalized spacial score (nSPS) is 18.4. The molecular weight excluding hydrogens is 310 g/mol. The van der Waals surface area contributed by atoms with Crippen molar-refractivity contribution in [3.63, 3.8) is 0 Å². The Morgan fingerprint density at radius 2 is 2.04 bits per heavy atom. The second kappa shape index (κ2) is 9.64.